The van der Waals surface area contributed by atoms with Gasteiger partial charge in [0, 0.05) is 11.2 Å². The van der Waals surface area contributed by atoms with Crippen molar-refractivity contribution in [2.45, 2.75) is 0 Å². The van der Waals surface area contributed by atoms with Gasteiger partial charge in [-0.1, -0.05) is 17.7 Å². The minimum atomic E-state index is -0.590. The first kappa shape index (κ1) is 11.6. The van der Waals surface area contributed by atoms with Gasteiger partial charge in [-0.2, -0.15) is 5.06 Å². The van der Waals surface area contributed by atoms with Gasteiger partial charge in [0.1, 0.15) is 5.69 Å². The van der Waals surface area contributed by atoms with Crippen LogP contribution in [0.2, 0.25) is 5.02 Å². The smallest absolute Gasteiger partial charge is 0.281 e. The molecule has 0 saturated carbocycles. The van der Waals surface area contributed by atoms with E-state index in [9.17, 15) is 10.0 Å². The molecule has 1 aromatic carbocycles. The van der Waals surface area contributed by atoms with E-state index in [-0.39, 0.29) is 5.69 Å². The summed E-state index contributed by atoms with van der Waals surface area (Å²) in [7, 11) is 0. The van der Waals surface area contributed by atoms with Crippen molar-refractivity contribution < 1.29 is 10.0 Å². The van der Waals surface area contributed by atoms with E-state index in [1.165, 1.54) is 12.3 Å². The summed E-state index contributed by atoms with van der Waals surface area (Å²) in [6.45, 7) is 0. The Balaban J connectivity index is 2.23. The Labute approximate surface area is 103 Å². The monoisotopic (exact) mass is 248 g/mol. The number of hydroxylamine groups is 1. The molecule has 1 heterocycles. The normalized spacial score (nSPS) is 10.0. The van der Waals surface area contributed by atoms with Gasteiger partial charge >= 0.3 is 5.91 Å². The highest BCUT2D eigenvalue weighted by molar-refractivity contribution is 6.30. The Morgan fingerprint density at radius 3 is 2.47 bits per heavy atom. The molecule has 0 aliphatic heterocycles. The Kier molecular flexibility index (Phi) is 3.37. The molecular formula is C12H9ClN2O2. The molecule has 5 heteroatoms. The minimum absolute atomic E-state index is 0.171. The standard InChI is InChI=1S/C12H9ClN2O2/c13-9-4-6-10(7-5-9)15(17)12(16)11-3-1-2-8-14-11/h1-8,17H. The zero-order valence-electron chi connectivity index (χ0n) is 8.75. The Morgan fingerprint density at radius 2 is 1.88 bits per heavy atom. The largest absolute Gasteiger partial charge is 0.300 e. The number of carbonyl (C=O) groups is 1. The van der Waals surface area contributed by atoms with Gasteiger partial charge in [0.15, 0.2) is 0 Å². The van der Waals surface area contributed by atoms with E-state index in [2.05, 4.69) is 4.98 Å². The molecule has 0 saturated heterocycles. The van der Waals surface area contributed by atoms with Crippen molar-refractivity contribution in [3.63, 3.8) is 0 Å². The molecule has 0 radical (unpaired) electrons. The molecule has 0 fully saturated rings. The molecule has 0 bridgehead atoms. The number of amides is 1. The molecule has 0 atom stereocenters. The van der Waals surface area contributed by atoms with Crippen molar-refractivity contribution in [2.75, 3.05) is 5.06 Å². The quantitative estimate of drug-likeness (QED) is 0.657. The fourth-order valence-corrected chi connectivity index (χ4v) is 1.42. The summed E-state index contributed by atoms with van der Waals surface area (Å²) in [6, 6.07) is 11.2. The SMILES string of the molecule is O=C(c1ccccn1)N(O)c1ccc(Cl)cc1. The van der Waals surface area contributed by atoms with E-state index < -0.39 is 5.91 Å². The Bertz CT molecular complexity index is 514. The summed E-state index contributed by atoms with van der Waals surface area (Å²) < 4.78 is 0. The number of halogens is 1. The van der Waals surface area contributed by atoms with Crippen LogP contribution >= 0.6 is 11.6 Å². The number of aromatic nitrogens is 1. The molecule has 1 N–H and O–H groups in total. The van der Waals surface area contributed by atoms with Crippen LogP contribution in [0.3, 0.4) is 0 Å². The second-order valence-electron chi connectivity index (χ2n) is 3.31. The van der Waals surface area contributed by atoms with Gasteiger partial charge in [-0.25, -0.2) is 0 Å². The Morgan fingerprint density at radius 1 is 1.18 bits per heavy atom. The molecule has 1 aromatic heterocycles. The second-order valence-corrected chi connectivity index (χ2v) is 3.74. The average molecular weight is 249 g/mol. The van der Waals surface area contributed by atoms with Crippen molar-refractivity contribution in [1.82, 2.24) is 4.98 Å². The number of hydrogen-bond donors (Lipinski definition) is 1. The summed E-state index contributed by atoms with van der Waals surface area (Å²) in [5.74, 6) is -0.590. The topological polar surface area (TPSA) is 53.4 Å². The number of pyridine rings is 1. The zero-order chi connectivity index (χ0) is 12.3. The lowest BCUT2D eigenvalue weighted by molar-refractivity contribution is 0.0849. The molecule has 0 spiro atoms. The van der Waals surface area contributed by atoms with Crippen LogP contribution in [0.1, 0.15) is 10.5 Å². The van der Waals surface area contributed by atoms with Gasteiger partial charge in [-0.15, -0.1) is 0 Å². The number of carbonyl (C=O) groups excluding carboxylic acids is 1. The number of rotatable bonds is 2. The highest BCUT2D eigenvalue weighted by atomic mass is 35.5. The molecule has 4 nitrogen and oxygen atoms in total. The third-order valence-corrected chi connectivity index (χ3v) is 2.40. The number of nitrogens with zero attached hydrogens (tertiary/aromatic N) is 2. The predicted octanol–water partition coefficient (Wildman–Crippen LogP) is 2.77. The number of benzene rings is 1. The second kappa shape index (κ2) is 4.95. The van der Waals surface area contributed by atoms with Gasteiger partial charge < -0.3 is 0 Å². The lowest BCUT2D eigenvalue weighted by Gasteiger charge is -2.14. The molecule has 86 valence electrons. The fraction of sp³-hybridized carbons (Fsp3) is 0. The summed E-state index contributed by atoms with van der Waals surface area (Å²) in [4.78, 5) is 15.7. The number of hydrogen-bond acceptors (Lipinski definition) is 3. The van der Waals surface area contributed by atoms with Crippen molar-refractivity contribution >= 4 is 23.2 Å². The molecule has 2 rings (SSSR count). The van der Waals surface area contributed by atoms with E-state index in [0.29, 0.717) is 15.8 Å². The minimum Gasteiger partial charge on any atom is -0.281 e. The van der Waals surface area contributed by atoms with Crippen molar-refractivity contribution in [2.24, 2.45) is 0 Å². The lowest BCUT2D eigenvalue weighted by Crippen LogP contribution is -2.27. The summed E-state index contributed by atoms with van der Waals surface area (Å²) in [5, 5.41) is 10.8. The summed E-state index contributed by atoms with van der Waals surface area (Å²) in [5.41, 5.74) is 0.509. The van der Waals surface area contributed by atoms with Gasteiger partial charge in [-0.05, 0) is 36.4 Å². The molecule has 1 amide bonds. The van der Waals surface area contributed by atoms with Crippen LogP contribution < -0.4 is 5.06 Å². The van der Waals surface area contributed by atoms with Crippen LogP contribution in [-0.2, 0) is 0 Å². The maximum atomic E-state index is 11.8. The van der Waals surface area contributed by atoms with E-state index in [1.54, 1.807) is 36.4 Å². The third kappa shape index (κ3) is 2.61. The van der Waals surface area contributed by atoms with Crippen molar-refractivity contribution in [1.29, 1.82) is 0 Å². The van der Waals surface area contributed by atoms with Crippen LogP contribution in [0, 0.1) is 0 Å². The first-order valence-corrected chi connectivity index (χ1v) is 5.26. The van der Waals surface area contributed by atoms with Gasteiger partial charge in [-0.3, -0.25) is 15.0 Å². The molecular weight excluding hydrogens is 240 g/mol. The predicted molar refractivity (Wildman–Crippen MR) is 64.3 cm³/mol. The number of anilines is 1. The lowest BCUT2D eigenvalue weighted by atomic mass is 10.3. The van der Waals surface area contributed by atoms with Crippen LogP contribution in [-0.4, -0.2) is 16.1 Å². The summed E-state index contributed by atoms with van der Waals surface area (Å²) >= 11 is 5.72. The summed E-state index contributed by atoms with van der Waals surface area (Å²) in [6.07, 6.45) is 1.49. The van der Waals surface area contributed by atoms with Crippen LogP contribution in [0.25, 0.3) is 0 Å². The molecule has 2 aromatic rings. The zero-order valence-corrected chi connectivity index (χ0v) is 9.50. The van der Waals surface area contributed by atoms with Gasteiger partial charge in [0.2, 0.25) is 0 Å². The molecule has 0 aliphatic carbocycles. The molecule has 0 unspecified atom stereocenters. The van der Waals surface area contributed by atoms with E-state index in [0.717, 1.165) is 0 Å². The maximum Gasteiger partial charge on any atom is 0.300 e. The van der Waals surface area contributed by atoms with E-state index >= 15 is 0 Å². The Hall–Kier alpha value is -1.91. The highest BCUT2D eigenvalue weighted by Gasteiger charge is 2.16. The van der Waals surface area contributed by atoms with Crippen LogP contribution in [0.4, 0.5) is 5.69 Å². The maximum absolute atomic E-state index is 11.8. The van der Waals surface area contributed by atoms with Gasteiger partial charge in [0.25, 0.3) is 0 Å². The van der Waals surface area contributed by atoms with Crippen molar-refractivity contribution in [3.05, 3.63) is 59.4 Å². The van der Waals surface area contributed by atoms with Crippen LogP contribution in [0.15, 0.2) is 48.7 Å². The van der Waals surface area contributed by atoms with Crippen molar-refractivity contribution in [3.8, 4) is 0 Å². The van der Waals surface area contributed by atoms with E-state index in [4.69, 9.17) is 11.6 Å². The first-order chi connectivity index (χ1) is 8.18. The molecule has 0 aliphatic rings. The van der Waals surface area contributed by atoms with E-state index in [1.807, 2.05) is 0 Å². The van der Waals surface area contributed by atoms with Gasteiger partial charge in [0.05, 0.1) is 5.69 Å². The average Bonchev–Trinajstić information content (AvgIpc) is 2.39. The fourth-order valence-electron chi connectivity index (χ4n) is 1.30. The first-order valence-electron chi connectivity index (χ1n) is 4.88. The van der Waals surface area contributed by atoms with Crippen LogP contribution in [0.5, 0.6) is 0 Å². The molecule has 17 heavy (non-hydrogen) atoms. The third-order valence-electron chi connectivity index (χ3n) is 2.15. The highest BCUT2D eigenvalue weighted by Crippen LogP contribution is 2.17.